The van der Waals surface area contributed by atoms with Gasteiger partial charge in [-0.2, -0.15) is 0 Å². The van der Waals surface area contributed by atoms with Crippen LogP contribution in [0.25, 0.3) is 0 Å². The fraction of sp³-hybridized carbons (Fsp3) is 1.00. The Labute approximate surface area is 117 Å². The SMILES string of the molecule is NCCCN(CCCCNCCC[AsH2])[N+]([O-])=NO. The Balaban J connectivity index is 3.63. The van der Waals surface area contributed by atoms with E-state index in [0.717, 1.165) is 25.9 Å². The van der Waals surface area contributed by atoms with E-state index in [4.69, 9.17) is 10.9 Å². The van der Waals surface area contributed by atoms with Crippen LogP contribution in [-0.2, 0) is 0 Å². The van der Waals surface area contributed by atoms with E-state index in [2.05, 4.69) is 10.6 Å². The van der Waals surface area contributed by atoms with Gasteiger partial charge in [0.1, 0.15) is 0 Å². The molecular formula is C10H26AsN5O2. The number of hydrazine groups is 1. The van der Waals surface area contributed by atoms with E-state index in [1.54, 1.807) is 16.9 Å². The average Bonchev–Trinajstić information content (AvgIpc) is 2.40. The van der Waals surface area contributed by atoms with Crippen LogP contribution in [0.4, 0.5) is 0 Å². The molecule has 0 aromatic carbocycles. The van der Waals surface area contributed by atoms with Gasteiger partial charge in [0.2, 0.25) is 0 Å². The first-order chi connectivity index (χ1) is 8.76. The summed E-state index contributed by atoms with van der Waals surface area (Å²) in [6.07, 6.45) is 3.83. The second-order valence-electron chi connectivity index (χ2n) is 4.04. The molecule has 108 valence electrons. The second kappa shape index (κ2) is 12.9. The third-order valence-electron chi connectivity index (χ3n) is 2.52. The summed E-state index contributed by atoms with van der Waals surface area (Å²) in [5.41, 5.74) is 5.39. The third-order valence-corrected chi connectivity index (χ3v) is 3.37. The molecule has 7 nitrogen and oxygen atoms in total. The molecule has 0 rings (SSSR count). The van der Waals surface area contributed by atoms with Gasteiger partial charge in [-0.25, -0.2) is 0 Å². The summed E-state index contributed by atoms with van der Waals surface area (Å²) >= 11 is 1.76. The molecule has 1 unspecified atom stereocenters. The first kappa shape index (κ1) is 17.5. The van der Waals surface area contributed by atoms with Gasteiger partial charge in [0.05, 0.1) is 0 Å². The molecule has 0 bridgehead atoms. The van der Waals surface area contributed by atoms with Crippen molar-refractivity contribution in [3.63, 3.8) is 0 Å². The van der Waals surface area contributed by atoms with Crippen LogP contribution in [0.2, 0.25) is 5.21 Å². The molecule has 0 heterocycles. The van der Waals surface area contributed by atoms with Crippen molar-refractivity contribution in [3.05, 3.63) is 5.21 Å². The summed E-state index contributed by atoms with van der Waals surface area (Å²) in [6, 6.07) is 0. The van der Waals surface area contributed by atoms with Gasteiger partial charge in [-0.15, -0.1) is 0 Å². The molecule has 0 aliphatic carbocycles. The van der Waals surface area contributed by atoms with Crippen molar-refractivity contribution in [3.8, 4) is 0 Å². The second-order valence-corrected chi connectivity index (χ2v) is 5.25. The number of rotatable bonds is 12. The maximum absolute atomic E-state index is 11.2. The maximum atomic E-state index is 11.2. The van der Waals surface area contributed by atoms with Crippen molar-refractivity contribution in [1.29, 1.82) is 0 Å². The number of nitrogens with two attached hydrogens (primary N) is 1. The van der Waals surface area contributed by atoms with Gasteiger partial charge in [0.15, 0.2) is 0 Å². The first-order valence-corrected chi connectivity index (χ1v) is 8.15. The van der Waals surface area contributed by atoms with Gasteiger partial charge in [-0.3, -0.25) is 0 Å². The van der Waals surface area contributed by atoms with Crippen LogP contribution in [-0.4, -0.2) is 64.8 Å². The third kappa shape index (κ3) is 9.50. The summed E-state index contributed by atoms with van der Waals surface area (Å²) in [5, 5.41) is 28.4. The van der Waals surface area contributed by atoms with Crippen LogP contribution in [0.3, 0.4) is 0 Å². The zero-order chi connectivity index (χ0) is 13.6. The zero-order valence-corrected chi connectivity index (χ0v) is 13.3. The number of hydrogen-bond donors (Lipinski definition) is 3. The van der Waals surface area contributed by atoms with Gasteiger partial charge >= 0.3 is 111 Å². The van der Waals surface area contributed by atoms with E-state index in [9.17, 15) is 5.21 Å². The molecule has 0 saturated carbocycles. The first-order valence-electron chi connectivity index (χ1n) is 6.44. The normalized spacial score (nSPS) is 11.8. The Morgan fingerprint density at radius 3 is 2.50 bits per heavy atom. The van der Waals surface area contributed by atoms with Gasteiger partial charge in [0, 0.05) is 0 Å². The molecule has 0 saturated heterocycles. The van der Waals surface area contributed by atoms with Crippen molar-refractivity contribution in [2.45, 2.75) is 30.9 Å². The topological polar surface area (TPSA) is 100.0 Å². The molecule has 0 aliphatic rings. The number of hydrogen-bond acceptors (Lipinski definition) is 4. The molecular weight excluding hydrogens is 297 g/mol. The van der Waals surface area contributed by atoms with Crippen molar-refractivity contribution in [2.75, 3.05) is 32.7 Å². The summed E-state index contributed by atoms with van der Waals surface area (Å²) < 4.78 is 0. The standard InChI is InChI=1S/C10H26AsN5O2/c11-5-3-8-13-7-1-2-9-15(10-4-6-12)16(18)14-17/h13,17H,1-12H2. The monoisotopic (exact) mass is 323 g/mol. The molecule has 8 heteroatoms. The van der Waals surface area contributed by atoms with Crippen molar-refractivity contribution in [1.82, 2.24) is 10.3 Å². The van der Waals surface area contributed by atoms with Crippen LogP contribution in [0.1, 0.15) is 25.7 Å². The molecule has 0 aromatic heterocycles. The van der Waals surface area contributed by atoms with E-state index >= 15 is 0 Å². The summed E-state index contributed by atoms with van der Waals surface area (Å²) in [4.78, 5) is 0.238. The molecule has 18 heavy (non-hydrogen) atoms. The minimum atomic E-state index is 0.238. The predicted molar refractivity (Wildman–Crippen MR) is 73.2 cm³/mol. The van der Waals surface area contributed by atoms with Crippen molar-refractivity contribution in [2.24, 2.45) is 11.0 Å². The predicted octanol–water partition coefficient (Wildman–Crippen LogP) is -0.285. The minimum absolute atomic E-state index is 0.238. The number of unbranched alkanes of at least 4 members (excludes halogenated alkanes) is 1. The van der Waals surface area contributed by atoms with Crippen LogP contribution in [0.5, 0.6) is 0 Å². The number of nitrogens with zero attached hydrogens (tertiary/aromatic N) is 3. The van der Waals surface area contributed by atoms with E-state index in [1.165, 1.54) is 16.6 Å². The summed E-state index contributed by atoms with van der Waals surface area (Å²) in [7, 11) is 0. The molecule has 0 aromatic rings. The molecule has 0 spiro atoms. The summed E-state index contributed by atoms with van der Waals surface area (Å²) in [6.45, 7) is 3.67. The Morgan fingerprint density at radius 1 is 1.22 bits per heavy atom. The molecule has 0 radical (unpaired) electrons. The molecule has 0 aliphatic heterocycles. The van der Waals surface area contributed by atoms with Crippen LogP contribution in [0.15, 0.2) is 5.28 Å². The van der Waals surface area contributed by atoms with Crippen molar-refractivity contribution >= 4 is 16.9 Å². The quantitative estimate of drug-likeness (QED) is 0.151. The number of nitrogens with one attached hydrogen (secondary N) is 1. The fourth-order valence-corrected chi connectivity index (χ4v) is 1.94. The fourth-order valence-electron chi connectivity index (χ4n) is 1.51. The Kier molecular flexibility index (Phi) is 12.5. The van der Waals surface area contributed by atoms with E-state index < -0.39 is 0 Å². The van der Waals surface area contributed by atoms with Gasteiger partial charge < -0.3 is 5.73 Å². The molecule has 4 N–H and O–H groups in total. The van der Waals surface area contributed by atoms with Crippen LogP contribution >= 0.6 is 0 Å². The summed E-state index contributed by atoms with van der Waals surface area (Å²) in [5.74, 6) is 0. The Hall–Kier alpha value is -0.522. The Morgan fingerprint density at radius 2 is 1.89 bits per heavy atom. The van der Waals surface area contributed by atoms with E-state index in [0.29, 0.717) is 26.1 Å². The molecule has 1 atom stereocenters. The van der Waals surface area contributed by atoms with Gasteiger partial charge in [0.25, 0.3) is 0 Å². The van der Waals surface area contributed by atoms with Crippen molar-refractivity contribution < 1.29 is 10.2 Å². The van der Waals surface area contributed by atoms with Crippen LogP contribution < -0.4 is 11.1 Å². The van der Waals surface area contributed by atoms with E-state index in [-0.39, 0.29) is 4.97 Å². The zero-order valence-electron chi connectivity index (χ0n) is 10.9. The molecule has 0 fully saturated rings. The van der Waals surface area contributed by atoms with Crippen LogP contribution in [0, 0.1) is 5.21 Å². The van der Waals surface area contributed by atoms with Gasteiger partial charge in [-0.1, -0.05) is 0 Å². The molecule has 0 amide bonds. The average molecular weight is 323 g/mol. The van der Waals surface area contributed by atoms with E-state index in [1.807, 2.05) is 0 Å². The van der Waals surface area contributed by atoms with Gasteiger partial charge in [-0.05, 0) is 0 Å². The Bertz CT molecular complexity index is 218.